The van der Waals surface area contributed by atoms with Gasteiger partial charge in [0.25, 0.3) is 0 Å². The second kappa shape index (κ2) is 6.70. The Morgan fingerprint density at radius 1 is 1.14 bits per heavy atom. The Hall–Kier alpha value is -2.21. The summed E-state index contributed by atoms with van der Waals surface area (Å²) >= 11 is 3.38. The molecule has 2 aromatic carbocycles. The SMILES string of the molecule is O=C(NCC1COc2ccccc2O1)Nc1ccccc1Br. The number of amides is 2. The highest BCUT2D eigenvalue weighted by Crippen LogP contribution is 2.30. The van der Waals surface area contributed by atoms with Gasteiger partial charge in [-0.1, -0.05) is 24.3 Å². The topological polar surface area (TPSA) is 59.6 Å². The van der Waals surface area contributed by atoms with Gasteiger partial charge in [-0.15, -0.1) is 0 Å². The molecule has 5 nitrogen and oxygen atoms in total. The van der Waals surface area contributed by atoms with Crippen molar-refractivity contribution >= 4 is 27.6 Å². The molecule has 1 aliphatic heterocycles. The van der Waals surface area contributed by atoms with Gasteiger partial charge in [0.1, 0.15) is 6.61 Å². The van der Waals surface area contributed by atoms with E-state index >= 15 is 0 Å². The molecule has 2 amide bonds. The van der Waals surface area contributed by atoms with E-state index in [9.17, 15) is 4.79 Å². The Morgan fingerprint density at radius 3 is 2.68 bits per heavy atom. The second-order valence-electron chi connectivity index (χ2n) is 4.81. The molecule has 2 N–H and O–H groups in total. The number of rotatable bonds is 3. The molecule has 2 aromatic rings. The molecule has 0 saturated heterocycles. The molecule has 0 spiro atoms. The lowest BCUT2D eigenvalue weighted by Crippen LogP contribution is -2.42. The molecule has 0 aliphatic carbocycles. The van der Waals surface area contributed by atoms with Crippen LogP contribution in [-0.2, 0) is 0 Å². The second-order valence-corrected chi connectivity index (χ2v) is 5.67. The van der Waals surface area contributed by atoms with E-state index in [0.717, 1.165) is 10.2 Å². The summed E-state index contributed by atoms with van der Waals surface area (Å²) in [5.41, 5.74) is 0.714. The van der Waals surface area contributed by atoms with E-state index in [1.165, 1.54) is 0 Å². The zero-order chi connectivity index (χ0) is 15.4. The molecule has 0 saturated carbocycles. The van der Waals surface area contributed by atoms with Gasteiger partial charge in [-0.2, -0.15) is 0 Å². The maximum absolute atomic E-state index is 11.9. The van der Waals surface area contributed by atoms with Crippen LogP contribution >= 0.6 is 15.9 Å². The number of carbonyl (C=O) groups excluding carboxylic acids is 1. The standard InChI is InChI=1S/C16H15BrN2O3/c17-12-5-1-2-6-13(12)19-16(20)18-9-11-10-21-14-7-3-4-8-15(14)22-11/h1-8,11H,9-10H2,(H2,18,19,20). The third kappa shape index (κ3) is 3.51. The summed E-state index contributed by atoms with van der Waals surface area (Å²) in [7, 11) is 0. The third-order valence-corrected chi connectivity index (χ3v) is 3.87. The van der Waals surface area contributed by atoms with Gasteiger partial charge in [0, 0.05) is 4.47 Å². The maximum atomic E-state index is 11.9. The van der Waals surface area contributed by atoms with Gasteiger partial charge in [0.05, 0.1) is 12.2 Å². The fourth-order valence-corrected chi connectivity index (χ4v) is 2.48. The molecule has 1 aliphatic rings. The number of anilines is 1. The summed E-state index contributed by atoms with van der Waals surface area (Å²) in [4.78, 5) is 11.9. The van der Waals surface area contributed by atoms with Crippen molar-refractivity contribution < 1.29 is 14.3 Å². The highest BCUT2D eigenvalue weighted by Gasteiger charge is 2.21. The van der Waals surface area contributed by atoms with Gasteiger partial charge in [-0.05, 0) is 40.2 Å². The number of urea groups is 1. The number of ether oxygens (including phenoxy) is 2. The number of fused-ring (bicyclic) bond motifs is 1. The number of carbonyl (C=O) groups is 1. The number of para-hydroxylation sites is 3. The van der Waals surface area contributed by atoms with Crippen LogP contribution in [0.5, 0.6) is 11.5 Å². The minimum atomic E-state index is -0.283. The predicted molar refractivity (Wildman–Crippen MR) is 87.5 cm³/mol. The number of nitrogens with one attached hydrogen (secondary N) is 2. The van der Waals surface area contributed by atoms with Crippen LogP contribution in [0.1, 0.15) is 0 Å². The van der Waals surface area contributed by atoms with Gasteiger partial charge >= 0.3 is 6.03 Å². The van der Waals surface area contributed by atoms with Crippen molar-refractivity contribution in [2.75, 3.05) is 18.5 Å². The number of hydrogen-bond acceptors (Lipinski definition) is 3. The van der Waals surface area contributed by atoms with Crippen LogP contribution in [0, 0.1) is 0 Å². The Kier molecular flexibility index (Phi) is 4.48. The molecular weight excluding hydrogens is 348 g/mol. The van der Waals surface area contributed by atoms with E-state index in [-0.39, 0.29) is 12.1 Å². The lowest BCUT2D eigenvalue weighted by Gasteiger charge is -2.26. The minimum absolute atomic E-state index is 0.208. The van der Waals surface area contributed by atoms with Crippen molar-refractivity contribution in [2.24, 2.45) is 0 Å². The van der Waals surface area contributed by atoms with Gasteiger partial charge in [0.2, 0.25) is 0 Å². The summed E-state index contributed by atoms with van der Waals surface area (Å²) in [5.74, 6) is 1.43. The molecule has 3 rings (SSSR count). The van der Waals surface area contributed by atoms with Gasteiger partial charge in [-0.3, -0.25) is 0 Å². The van der Waals surface area contributed by atoms with E-state index in [2.05, 4.69) is 26.6 Å². The van der Waals surface area contributed by atoms with Crippen LogP contribution in [0.3, 0.4) is 0 Å². The molecule has 114 valence electrons. The fraction of sp³-hybridized carbons (Fsp3) is 0.188. The average molecular weight is 363 g/mol. The number of halogens is 1. The summed E-state index contributed by atoms with van der Waals surface area (Å²) < 4.78 is 12.2. The quantitative estimate of drug-likeness (QED) is 0.879. The molecule has 22 heavy (non-hydrogen) atoms. The highest BCUT2D eigenvalue weighted by atomic mass is 79.9. The lowest BCUT2D eigenvalue weighted by molar-refractivity contribution is 0.0922. The first kappa shape index (κ1) is 14.7. The molecule has 0 fully saturated rings. The minimum Gasteiger partial charge on any atom is -0.486 e. The predicted octanol–water partition coefficient (Wildman–Crippen LogP) is 3.41. The van der Waals surface area contributed by atoms with Crippen molar-refractivity contribution in [2.45, 2.75) is 6.10 Å². The van der Waals surface area contributed by atoms with Gasteiger partial charge in [0.15, 0.2) is 17.6 Å². The van der Waals surface area contributed by atoms with Crippen molar-refractivity contribution in [1.82, 2.24) is 5.32 Å². The van der Waals surface area contributed by atoms with Gasteiger partial charge < -0.3 is 20.1 Å². The van der Waals surface area contributed by atoms with Crippen molar-refractivity contribution in [1.29, 1.82) is 0 Å². The molecule has 6 heteroatoms. The molecule has 0 bridgehead atoms. The zero-order valence-electron chi connectivity index (χ0n) is 11.7. The zero-order valence-corrected chi connectivity index (χ0v) is 13.3. The smallest absolute Gasteiger partial charge is 0.319 e. The van der Waals surface area contributed by atoms with E-state index in [1.807, 2.05) is 48.5 Å². The Balaban J connectivity index is 1.51. The molecule has 1 heterocycles. The van der Waals surface area contributed by atoms with Gasteiger partial charge in [-0.25, -0.2) is 4.79 Å². The summed E-state index contributed by atoms with van der Waals surface area (Å²) in [6.07, 6.45) is -0.208. The van der Waals surface area contributed by atoms with Crippen LogP contribution in [0.2, 0.25) is 0 Å². The fourth-order valence-electron chi connectivity index (χ4n) is 2.10. The van der Waals surface area contributed by atoms with E-state index in [4.69, 9.17) is 9.47 Å². The number of benzene rings is 2. The first-order chi connectivity index (χ1) is 10.7. The first-order valence-electron chi connectivity index (χ1n) is 6.90. The van der Waals surface area contributed by atoms with Crippen molar-refractivity contribution in [3.8, 4) is 11.5 Å². The Labute approximate surface area is 136 Å². The molecular formula is C16H15BrN2O3. The summed E-state index contributed by atoms with van der Waals surface area (Å²) in [5, 5.41) is 5.56. The molecule has 0 radical (unpaired) electrons. The van der Waals surface area contributed by atoms with Crippen LogP contribution in [0.25, 0.3) is 0 Å². The van der Waals surface area contributed by atoms with Crippen LogP contribution in [0.15, 0.2) is 53.0 Å². The average Bonchev–Trinajstić information content (AvgIpc) is 2.55. The van der Waals surface area contributed by atoms with Crippen molar-refractivity contribution in [3.63, 3.8) is 0 Å². The van der Waals surface area contributed by atoms with Crippen LogP contribution in [0.4, 0.5) is 10.5 Å². The lowest BCUT2D eigenvalue weighted by atomic mass is 10.2. The van der Waals surface area contributed by atoms with E-state index in [0.29, 0.717) is 24.6 Å². The van der Waals surface area contributed by atoms with Crippen molar-refractivity contribution in [3.05, 3.63) is 53.0 Å². The first-order valence-corrected chi connectivity index (χ1v) is 7.69. The van der Waals surface area contributed by atoms with Crippen LogP contribution in [-0.4, -0.2) is 25.3 Å². The largest absolute Gasteiger partial charge is 0.486 e. The molecule has 1 atom stereocenters. The Bertz CT molecular complexity index is 678. The Morgan fingerprint density at radius 2 is 1.86 bits per heavy atom. The van der Waals surface area contributed by atoms with Crippen LogP contribution < -0.4 is 20.1 Å². The maximum Gasteiger partial charge on any atom is 0.319 e. The highest BCUT2D eigenvalue weighted by molar-refractivity contribution is 9.10. The molecule has 1 unspecified atom stereocenters. The molecule has 0 aromatic heterocycles. The van der Waals surface area contributed by atoms with E-state index < -0.39 is 0 Å². The summed E-state index contributed by atoms with van der Waals surface area (Å²) in [6, 6.07) is 14.6. The third-order valence-electron chi connectivity index (χ3n) is 3.18. The number of hydrogen-bond donors (Lipinski definition) is 2. The normalized spacial score (nSPS) is 16.0. The monoisotopic (exact) mass is 362 g/mol. The summed E-state index contributed by atoms with van der Waals surface area (Å²) in [6.45, 7) is 0.775. The van der Waals surface area contributed by atoms with E-state index in [1.54, 1.807) is 0 Å².